The summed E-state index contributed by atoms with van der Waals surface area (Å²) in [6.45, 7) is 3.42. The van der Waals surface area contributed by atoms with Crippen LogP contribution in [0.15, 0.2) is 10.9 Å². The number of fused-ring (bicyclic) bond motifs is 2. The van der Waals surface area contributed by atoms with Crippen molar-refractivity contribution >= 4 is 11.6 Å². The number of aromatic nitrogens is 1. The van der Waals surface area contributed by atoms with Crippen LogP contribution in [0.5, 0.6) is 0 Å². The second-order valence-electron chi connectivity index (χ2n) is 5.60. The van der Waals surface area contributed by atoms with E-state index in [1.165, 1.54) is 0 Å². The van der Waals surface area contributed by atoms with E-state index in [0.717, 1.165) is 24.9 Å². The molecule has 1 unspecified atom stereocenters. The van der Waals surface area contributed by atoms with Crippen molar-refractivity contribution in [3.05, 3.63) is 27.7 Å². The van der Waals surface area contributed by atoms with Gasteiger partial charge >= 0.3 is 0 Å². The molecule has 0 bridgehead atoms. The SMILES string of the molecule is Cc1cc(N)c(=O)n2c1C(=O)NC21CCCN(C)C1. The van der Waals surface area contributed by atoms with Gasteiger partial charge in [0.05, 0.1) is 5.69 Å². The quantitative estimate of drug-likeness (QED) is 0.682. The number of nitrogens with zero attached hydrogens (tertiary/aromatic N) is 2. The molecule has 6 heteroatoms. The molecular weight excluding hydrogens is 244 g/mol. The molecule has 3 rings (SSSR count). The Balaban J connectivity index is 2.26. The highest BCUT2D eigenvalue weighted by molar-refractivity contribution is 5.96. The topological polar surface area (TPSA) is 80.4 Å². The van der Waals surface area contributed by atoms with Crippen molar-refractivity contribution in [1.82, 2.24) is 14.8 Å². The zero-order valence-electron chi connectivity index (χ0n) is 11.2. The van der Waals surface area contributed by atoms with E-state index in [2.05, 4.69) is 10.2 Å². The fraction of sp³-hybridized carbons (Fsp3) is 0.538. The number of nitrogen functional groups attached to an aromatic ring is 1. The number of piperidine rings is 1. The van der Waals surface area contributed by atoms with Crippen molar-refractivity contribution in [3.8, 4) is 0 Å². The zero-order chi connectivity index (χ0) is 13.8. The Morgan fingerprint density at radius 3 is 2.84 bits per heavy atom. The number of likely N-dealkylation sites (N-methyl/N-ethyl adjacent to an activating group) is 1. The third-order valence-electron chi connectivity index (χ3n) is 4.07. The molecule has 1 atom stereocenters. The summed E-state index contributed by atoms with van der Waals surface area (Å²) in [5.41, 5.74) is 6.28. The molecule has 2 aliphatic heterocycles. The first kappa shape index (κ1) is 12.2. The molecule has 0 aliphatic carbocycles. The minimum Gasteiger partial charge on any atom is -0.394 e. The van der Waals surface area contributed by atoms with Gasteiger partial charge in [0.1, 0.15) is 11.4 Å². The first-order valence-electron chi connectivity index (χ1n) is 6.48. The summed E-state index contributed by atoms with van der Waals surface area (Å²) in [5, 5.41) is 3.00. The molecule has 3 N–H and O–H groups in total. The van der Waals surface area contributed by atoms with E-state index in [1.54, 1.807) is 10.6 Å². The highest BCUT2D eigenvalue weighted by atomic mass is 16.2. The van der Waals surface area contributed by atoms with Crippen LogP contribution in [0.4, 0.5) is 5.69 Å². The molecular formula is C13H18N4O2. The summed E-state index contributed by atoms with van der Waals surface area (Å²) in [7, 11) is 2.00. The van der Waals surface area contributed by atoms with Crippen LogP contribution in [0.2, 0.25) is 0 Å². The fourth-order valence-electron chi connectivity index (χ4n) is 3.32. The van der Waals surface area contributed by atoms with E-state index in [1.807, 2.05) is 14.0 Å². The molecule has 102 valence electrons. The molecule has 0 aromatic carbocycles. The number of carbonyl (C=O) groups excluding carboxylic acids is 1. The van der Waals surface area contributed by atoms with Crippen LogP contribution in [-0.2, 0) is 5.66 Å². The lowest BCUT2D eigenvalue weighted by Crippen LogP contribution is -2.57. The number of amides is 1. The van der Waals surface area contributed by atoms with Gasteiger partial charge in [0, 0.05) is 6.54 Å². The van der Waals surface area contributed by atoms with Crippen molar-refractivity contribution in [2.75, 3.05) is 25.9 Å². The van der Waals surface area contributed by atoms with Gasteiger partial charge in [0.15, 0.2) is 0 Å². The number of aryl methyl sites for hydroxylation is 1. The third-order valence-corrected chi connectivity index (χ3v) is 4.07. The summed E-state index contributed by atoms with van der Waals surface area (Å²) < 4.78 is 1.58. The minimum absolute atomic E-state index is 0.176. The molecule has 19 heavy (non-hydrogen) atoms. The highest BCUT2D eigenvalue weighted by Crippen LogP contribution is 2.31. The summed E-state index contributed by atoms with van der Waals surface area (Å²) in [6.07, 6.45) is 1.70. The average molecular weight is 262 g/mol. The Morgan fingerprint density at radius 2 is 2.16 bits per heavy atom. The van der Waals surface area contributed by atoms with Crippen molar-refractivity contribution in [1.29, 1.82) is 0 Å². The number of hydrogen-bond acceptors (Lipinski definition) is 4. The van der Waals surface area contributed by atoms with E-state index in [-0.39, 0.29) is 17.2 Å². The van der Waals surface area contributed by atoms with Crippen LogP contribution in [-0.4, -0.2) is 35.5 Å². The van der Waals surface area contributed by atoms with E-state index < -0.39 is 5.66 Å². The Labute approximate surface area is 111 Å². The number of carbonyl (C=O) groups is 1. The molecule has 6 nitrogen and oxygen atoms in total. The standard InChI is InChI=1S/C13H18N4O2/c1-8-6-9(14)12(19)17-10(8)11(18)15-13(17)4-3-5-16(2)7-13/h6H,3-5,7,14H2,1-2H3,(H,15,18). The lowest BCUT2D eigenvalue weighted by atomic mass is 9.98. The molecule has 0 saturated carbocycles. The first-order chi connectivity index (χ1) is 8.94. The summed E-state index contributed by atoms with van der Waals surface area (Å²) >= 11 is 0. The lowest BCUT2D eigenvalue weighted by Gasteiger charge is -2.39. The normalized spacial score (nSPS) is 26.5. The number of nitrogens with one attached hydrogen (secondary N) is 1. The van der Waals surface area contributed by atoms with Crippen LogP contribution >= 0.6 is 0 Å². The van der Waals surface area contributed by atoms with Gasteiger partial charge in [-0.3, -0.25) is 14.2 Å². The van der Waals surface area contributed by atoms with Gasteiger partial charge in [-0.15, -0.1) is 0 Å². The Hall–Kier alpha value is -1.82. The van der Waals surface area contributed by atoms with Crippen LogP contribution in [0, 0.1) is 6.92 Å². The molecule has 1 aromatic rings. The highest BCUT2D eigenvalue weighted by Gasteiger charge is 2.46. The fourth-order valence-corrected chi connectivity index (χ4v) is 3.32. The third kappa shape index (κ3) is 1.59. The summed E-state index contributed by atoms with van der Waals surface area (Å²) in [6, 6.07) is 1.58. The Morgan fingerprint density at radius 1 is 1.42 bits per heavy atom. The van der Waals surface area contributed by atoms with Gasteiger partial charge in [-0.2, -0.15) is 0 Å². The second kappa shape index (κ2) is 3.84. The van der Waals surface area contributed by atoms with Crippen LogP contribution in [0.25, 0.3) is 0 Å². The van der Waals surface area contributed by atoms with Gasteiger partial charge in [-0.05, 0) is 45.0 Å². The molecule has 0 radical (unpaired) electrons. The summed E-state index contributed by atoms with van der Waals surface area (Å²) in [5.74, 6) is -0.176. The molecule has 2 aliphatic rings. The number of likely N-dealkylation sites (tertiary alicyclic amines) is 1. The van der Waals surface area contributed by atoms with Gasteiger partial charge in [0.25, 0.3) is 11.5 Å². The van der Waals surface area contributed by atoms with E-state index in [0.29, 0.717) is 12.2 Å². The predicted octanol–water partition coefficient (Wildman–Crippen LogP) is -0.139. The Kier molecular flexibility index (Phi) is 2.47. The van der Waals surface area contributed by atoms with Gasteiger partial charge in [-0.1, -0.05) is 0 Å². The van der Waals surface area contributed by atoms with E-state index in [9.17, 15) is 9.59 Å². The predicted molar refractivity (Wildman–Crippen MR) is 72.0 cm³/mol. The number of hydrogen-bond donors (Lipinski definition) is 2. The molecule has 1 amide bonds. The maximum absolute atomic E-state index is 12.4. The van der Waals surface area contributed by atoms with Gasteiger partial charge < -0.3 is 16.0 Å². The largest absolute Gasteiger partial charge is 0.394 e. The second-order valence-corrected chi connectivity index (χ2v) is 5.60. The monoisotopic (exact) mass is 262 g/mol. The van der Waals surface area contributed by atoms with Crippen molar-refractivity contribution in [2.24, 2.45) is 0 Å². The number of anilines is 1. The first-order valence-corrected chi connectivity index (χ1v) is 6.48. The number of pyridine rings is 1. The Bertz CT molecular complexity index is 622. The molecule has 1 saturated heterocycles. The van der Waals surface area contributed by atoms with Gasteiger partial charge in [-0.25, -0.2) is 0 Å². The molecule has 1 fully saturated rings. The van der Waals surface area contributed by atoms with Gasteiger partial charge in [0.2, 0.25) is 0 Å². The lowest BCUT2D eigenvalue weighted by molar-refractivity contribution is 0.0755. The maximum Gasteiger partial charge on any atom is 0.276 e. The molecule has 3 heterocycles. The van der Waals surface area contributed by atoms with Crippen molar-refractivity contribution < 1.29 is 4.79 Å². The number of nitrogens with two attached hydrogens (primary N) is 1. The van der Waals surface area contributed by atoms with Crippen LogP contribution in [0.3, 0.4) is 0 Å². The number of rotatable bonds is 0. The van der Waals surface area contributed by atoms with E-state index >= 15 is 0 Å². The van der Waals surface area contributed by atoms with Crippen LogP contribution in [0.1, 0.15) is 28.9 Å². The van der Waals surface area contributed by atoms with Crippen molar-refractivity contribution in [3.63, 3.8) is 0 Å². The maximum atomic E-state index is 12.4. The minimum atomic E-state index is -0.628. The molecule has 1 aromatic heterocycles. The van der Waals surface area contributed by atoms with Crippen LogP contribution < -0.4 is 16.6 Å². The average Bonchev–Trinajstić information content (AvgIpc) is 2.59. The zero-order valence-corrected chi connectivity index (χ0v) is 11.2. The van der Waals surface area contributed by atoms with E-state index in [4.69, 9.17) is 5.73 Å². The van der Waals surface area contributed by atoms with Crippen molar-refractivity contribution in [2.45, 2.75) is 25.4 Å². The smallest absolute Gasteiger partial charge is 0.276 e. The molecule has 1 spiro atoms. The summed E-state index contributed by atoms with van der Waals surface area (Å²) in [4.78, 5) is 26.7.